The second-order valence-corrected chi connectivity index (χ2v) is 18.1. The molecular formula is C52H67N4O4+. The molecule has 8 heteroatoms. The van der Waals surface area contributed by atoms with Crippen LogP contribution in [0.1, 0.15) is 127 Å². The van der Waals surface area contributed by atoms with Crippen molar-refractivity contribution >= 4 is 22.7 Å². The highest BCUT2D eigenvalue weighted by atomic mass is 16.6. The molecule has 3 aliphatic rings. The number of non-ortho nitro benzene ring substituents is 1. The minimum atomic E-state index is -0.233. The van der Waals surface area contributed by atoms with Crippen molar-refractivity contribution in [2.75, 3.05) is 23.7 Å². The van der Waals surface area contributed by atoms with Gasteiger partial charge >= 0.3 is 0 Å². The lowest BCUT2D eigenvalue weighted by Gasteiger charge is -2.37. The zero-order valence-corrected chi connectivity index (χ0v) is 36.5. The number of anilines is 2. The number of hydrogen-bond donors (Lipinski definition) is 2. The minimum Gasteiger partial charge on any atom is -0.491 e. The van der Waals surface area contributed by atoms with E-state index in [-0.39, 0.29) is 33.6 Å². The monoisotopic (exact) mass is 812 g/mol. The maximum absolute atomic E-state index is 12.1. The molecule has 60 heavy (non-hydrogen) atoms. The third kappa shape index (κ3) is 10.1. The lowest BCUT2D eigenvalue weighted by Crippen LogP contribution is -2.79. The first-order valence-electron chi connectivity index (χ1n) is 22.7. The molecule has 0 unspecified atom stereocenters. The number of allylic oxidation sites excluding steroid dienone is 4. The van der Waals surface area contributed by atoms with E-state index in [9.17, 15) is 10.1 Å². The third-order valence-corrected chi connectivity index (χ3v) is 13.1. The van der Waals surface area contributed by atoms with Crippen LogP contribution in [0, 0.1) is 10.1 Å². The van der Waals surface area contributed by atoms with Crippen LogP contribution in [0.15, 0.2) is 109 Å². The summed E-state index contributed by atoms with van der Waals surface area (Å²) in [5.74, 6) is 1.80. The molecule has 0 radical (unpaired) electrons. The number of quaternary nitrogens is 1. The van der Waals surface area contributed by atoms with E-state index in [4.69, 9.17) is 15.2 Å². The van der Waals surface area contributed by atoms with Gasteiger partial charge in [0.15, 0.2) is 0 Å². The molecular weight excluding hydrogens is 745 g/mol. The Balaban J connectivity index is 1.11. The van der Waals surface area contributed by atoms with E-state index in [0.717, 1.165) is 106 Å². The molecule has 1 heterocycles. The van der Waals surface area contributed by atoms with E-state index < -0.39 is 0 Å². The van der Waals surface area contributed by atoms with Crippen LogP contribution in [0.3, 0.4) is 0 Å². The fourth-order valence-corrected chi connectivity index (χ4v) is 10.3. The van der Waals surface area contributed by atoms with Crippen molar-refractivity contribution in [3.05, 3.63) is 141 Å². The third-order valence-electron chi connectivity index (χ3n) is 13.1. The largest absolute Gasteiger partial charge is 0.491 e. The molecule has 7 rings (SSSR count). The molecule has 4 N–H and O–H groups in total. The Hall–Kier alpha value is -5.08. The summed E-state index contributed by atoms with van der Waals surface area (Å²) < 4.78 is 11.8. The second kappa shape index (κ2) is 19.5. The maximum Gasteiger partial charge on any atom is 0.270 e. The van der Waals surface area contributed by atoms with Gasteiger partial charge in [-0.15, -0.1) is 0 Å². The predicted octanol–water partition coefficient (Wildman–Crippen LogP) is 11.6. The first-order valence-corrected chi connectivity index (χ1v) is 22.7. The van der Waals surface area contributed by atoms with Crippen LogP contribution in [-0.2, 0) is 23.7 Å². The number of rotatable bonds is 17. The van der Waals surface area contributed by atoms with E-state index in [2.05, 4.69) is 96.9 Å². The summed E-state index contributed by atoms with van der Waals surface area (Å²) in [6.07, 6.45) is 22.6. The van der Waals surface area contributed by atoms with Gasteiger partial charge in [-0.3, -0.25) is 10.1 Å². The van der Waals surface area contributed by atoms with Gasteiger partial charge in [-0.1, -0.05) is 81.0 Å². The van der Waals surface area contributed by atoms with E-state index in [1.165, 1.54) is 53.8 Å². The molecule has 0 amide bonds. The molecule has 1 aliphatic heterocycles. The minimum absolute atomic E-state index is 0.0199. The number of nitrogens with zero attached hydrogens (tertiary/aromatic N) is 2. The van der Waals surface area contributed by atoms with Crippen LogP contribution in [-0.4, -0.2) is 30.2 Å². The summed E-state index contributed by atoms with van der Waals surface area (Å²) in [4.78, 5) is 14.5. The number of nitrogen functional groups attached to an aromatic ring is 1. The van der Waals surface area contributed by atoms with Crippen LogP contribution < -0.4 is 25.4 Å². The first-order chi connectivity index (χ1) is 29.0. The summed E-state index contributed by atoms with van der Waals surface area (Å²) in [5, 5.41) is 14.5. The van der Waals surface area contributed by atoms with Crippen molar-refractivity contribution in [3.8, 4) is 11.5 Å². The molecule has 318 valence electrons. The van der Waals surface area contributed by atoms with Crippen molar-refractivity contribution in [2.45, 2.75) is 141 Å². The van der Waals surface area contributed by atoms with Gasteiger partial charge in [0.25, 0.3) is 5.69 Å². The van der Waals surface area contributed by atoms with Gasteiger partial charge in [0.1, 0.15) is 17.2 Å². The van der Waals surface area contributed by atoms with Gasteiger partial charge in [-0.25, -0.2) is 0 Å². The van der Waals surface area contributed by atoms with E-state index in [0.29, 0.717) is 0 Å². The normalized spacial score (nSPS) is 17.8. The zero-order chi connectivity index (χ0) is 42.1. The Bertz CT molecular complexity index is 2110. The molecule has 8 nitrogen and oxygen atoms in total. The SMILES string of the molecule is CC(C)Oc1ccc(CC[NH2+]c2ccc([N+](=O)[O-])cc2C2(C/C=C/C/C=C3/N(CCc4ccc(OC(C)C)cc4)c4ccc(N)cc4C34CCCCC4)CCCCC2)cc1. The number of ether oxygens (including phenoxy) is 2. The van der Waals surface area contributed by atoms with Crippen molar-refractivity contribution in [3.63, 3.8) is 0 Å². The molecule has 1 spiro atoms. The van der Waals surface area contributed by atoms with Crippen molar-refractivity contribution in [2.24, 2.45) is 0 Å². The van der Waals surface area contributed by atoms with Gasteiger partial charge in [0.05, 0.1) is 23.7 Å². The molecule has 0 saturated heterocycles. The van der Waals surface area contributed by atoms with Crippen molar-refractivity contribution in [1.82, 2.24) is 0 Å². The molecule has 0 atom stereocenters. The van der Waals surface area contributed by atoms with Crippen LogP contribution in [0.5, 0.6) is 11.5 Å². The van der Waals surface area contributed by atoms with E-state index >= 15 is 0 Å². The number of nitro groups is 1. The van der Waals surface area contributed by atoms with Crippen LogP contribution >= 0.6 is 0 Å². The summed E-state index contributed by atoms with van der Waals surface area (Å²) in [6, 6.07) is 29.1. The van der Waals surface area contributed by atoms with Crippen molar-refractivity contribution in [1.29, 1.82) is 0 Å². The Morgan fingerprint density at radius 1 is 0.750 bits per heavy atom. The average Bonchev–Trinajstić information content (AvgIpc) is 3.47. The number of fused-ring (bicyclic) bond motifs is 2. The highest BCUT2D eigenvalue weighted by Gasteiger charge is 2.47. The number of nitro benzene ring substituents is 1. The molecule has 4 aromatic rings. The lowest BCUT2D eigenvalue weighted by molar-refractivity contribution is -0.571. The van der Waals surface area contributed by atoms with Gasteiger partial charge in [-0.05, 0) is 132 Å². The molecule has 0 aromatic heterocycles. The van der Waals surface area contributed by atoms with Crippen LogP contribution in [0.2, 0.25) is 0 Å². The van der Waals surface area contributed by atoms with Gasteiger partial charge < -0.3 is 25.4 Å². The molecule has 2 aliphatic carbocycles. The topological polar surface area (TPSA) is 107 Å². The molecule has 0 bridgehead atoms. The summed E-state index contributed by atoms with van der Waals surface area (Å²) in [6.45, 7) is 9.95. The van der Waals surface area contributed by atoms with Gasteiger partial charge in [0.2, 0.25) is 0 Å². The quantitative estimate of drug-likeness (QED) is 0.0476. The Kier molecular flexibility index (Phi) is 14.0. The van der Waals surface area contributed by atoms with Gasteiger partial charge in [-0.2, -0.15) is 0 Å². The Morgan fingerprint density at radius 2 is 1.37 bits per heavy atom. The standard InChI is InChI=1S/C52H66N4O4/c1-38(2)59-44-21-15-40(16-22-44)27-34-54-48-25-20-43(56(57)58)37-46(48)51(30-10-6-11-31-51)29-9-5-8-14-50-52(32-12-7-13-33-52)47-36-42(53)19-26-49(47)55(50)35-28-41-17-23-45(24-18-41)60-39(3)4/h5,9,14-26,36-39,54H,6-8,10-13,27-35,53H2,1-4H3/p+1/b9-5+,50-14+. The summed E-state index contributed by atoms with van der Waals surface area (Å²) >= 11 is 0. The highest BCUT2D eigenvalue weighted by Crippen LogP contribution is 2.56. The second-order valence-electron chi connectivity index (χ2n) is 18.1. The number of benzene rings is 4. The van der Waals surface area contributed by atoms with E-state index in [1.54, 1.807) is 6.07 Å². The predicted molar refractivity (Wildman–Crippen MR) is 246 cm³/mol. The molecule has 4 aromatic carbocycles. The fourth-order valence-electron chi connectivity index (χ4n) is 10.3. The maximum atomic E-state index is 12.1. The number of hydrogen-bond acceptors (Lipinski definition) is 6. The van der Waals surface area contributed by atoms with E-state index in [1.807, 2.05) is 38.1 Å². The molecule has 2 fully saturated rings. The van der Waals surface area contributed by atoms with Crippen LogP contribution in [0.25, 0.3) is 0 Å². The zero-order valence-electron chi connectivity index (χ0n) is 36.5. The fraction of sp³-hybridized carbons (Fsp3) is 0.462. The number of nitrogens with two attached hydrogens (primary N) is 2. The lowest BCUT2D eigenvalue weighted by atomic mass is 9.66. The summed E-state index contributed by atoms with van der Waals surface area (Å²) in [7, 11) is 0. The van der Waals surface area contributed by atoms with Crippen molar-refractivity contribution < 1.29 is 19.7 Å². The smallest absolute Gasteiger partial charge is 0.270 e. The summed E-state index contributed by atoms with van der Waals surface area (Å²) in [5.41, 5.74) is 16.3. The van der Waals surface area contributed by atoms with Crippen LogP contribution in [0.4, 0.5) is 22.7 Å². The highest BCUT2D eigenvalue weighted by molar-refractivity contribution is 5.74. The Morgan fingerprint density at radius 3 is 1.98 bits per heavy atom. The molecule has 2 saturated carbocycles. The first kappa shape index (κ1) is 43.0. The Labute approximate surface area is 358 Å². The average molecular weight is 812 g/mol. The van der Waals surface area contributed by atoms with Gasteiger partial charge in [0, 0.05) is 64.6 Å².